The van der Waals surface area contributed by atoms with E-state index >= 15 is 0 Å². The van der Waals surface area contributed by atoms with Crippen molar-refractivity contribution in [3.05, 3.63) is 89.5 Å². The third-order valence-corrected chi connectivity index (χ3v) is 15.5. The number of carbonyl (C=O) groups excluding carboxylic acids is 9. The molecule has 506 valence electrons. The van der Waals surface area contributed by atoms with Crippen molar-refractivity contribution >= 4 is 82.8 Å². The molecular formula is C62H89N11O18S. The smallest absolute Gasteiger partial charge is 0.326 e. The highest BCUT2D eigenvalue weighted by atomic mass is 32.2. The zero-order chi connectivity index (χ0) is 68.8. The summed E-state index contributed by atoms with van der Waals surface area (Å²) < 4.78 is 0. The van der Waals surface area contributed by atoms with Crippen LogP contribution in [0.25, 0.3) is 0 Å². The fraction of sp³-hybridized carbons (Fsp3) is 0.516. The number of unbranched alkanes of at least 4 members (excludes halogenated alkanes) is 1. The van der Waals surface area contributed by atoms with Crippen molar-refractivity contribution in [2.75, 3.05) is 18.6 Å². The maximum Gasteiger partial charge on any atom is 0.326 e. The molecule has 3 aromatic rings. The number of carboxylic acids is 3. The van der Waals surface area contributed by atoms with E-state index in [4.69, 9.17) is 11.5 Å². The standard InChI is InChI=1S/C62H89N11O18S/c1-7-34(4)52(62(90)91)73-61(89)51(33(2)3)72-53(81)35(5)65-59(87)47(31-37-13-19-40(75)20-14-37)71-55(83)43(10-8-9-28-63)66-56(84)44(23-25-49(77)78)67-57(85)45(24-26-50(79)80)68-58(86)46(27-29-92-6)69-60(88)48(32-38-15-21-41(76)22-16-38)70-54(82)42(64)30-36-11-17-39(74)18-12-36/h11-22,33-35,42-48,51-52,74-76H,7-10,23-32,63-64H2,1-6H3,(H,65,87)(H,66,84)(H,67,85)(H,68,86)(H,69,88)(H,70,82)(H,71,83)(H,72,81)(H,73,89)(H,77,78)(H,79,80)(H,90,91)/t34-,35-,42-,43-,44-,45-,46-,47-,48-,51-,52-/m0/s1. The lowest BCUT2D eigenvalue weighted by Crippen LogP contribution is -2.61. The molecule has 11 atom stereocenters. The Labute approximate surface area is 537 Å². The Morgan fingerprint density at radius 1 is 0.435 bits per heavy atom. The predicted molar refractivity (Wildman–Crippen MR) is 338 cm³/mol. The first-order valence-electron chi connectivity index (χ1n) is 30.1. The molecule has 0 aliphatic heterocycles. The number of aliphatic carboxylic acids is 3. The van der Waals surface area contributed by atoms with Gasteiger partial charge >= 0.3 is 17.9 Å². The van der Waals surface area contributed by atoms with Crippen LogP contribution < -0.4 is 59.3 Å². The second-order valence-electron chi connectivity index (χ2n) is 22.7. The molecule has 0 fully saturated rings. The minimum absolute atomic E-state index is 0.00122. The van der Waals surface area contributed by atoms with Crippen LogP contribution in [0.3, 0.4) is 0 Å². The van der Waals surface area contributed by atoms with Crippen molar-refractivity contribution in [1.82, 2.24) is 47.9 Å². The van der Waals surface area contributed by atoms with Gasteiger partial charge in [0.25, 0.3) is 0 Å². The highest BCUT2D eigenvalue weighted by Gasteiger charge is 2.37. The van der Waals surface area contributed by atoms with Crippen LogP contribution in [0.1, 0.15) is 109 Å². The first-order chi connectivity index (χ1) is 43.5. The van der Waals surface area contributed by atoms with Crippen LogP contribution in [-0.4, -0.2) is 181 Å². The highest BCUT2D eigenvalue weighted by Crippen LogP contribution is 2.17. The lowest BCUT2D eigenvalue weighted by atomic mass is 9.97. The minimum Gasteiger partial charge on any atom is -0.508 e. The summed E-state index contributed by atoms with van der Waals surface area (Å²) in [6.45, 7) is 8.05. The van der Waals surface area contributed by atoms with Gasteiger partial charge in [0.15, 0.2) is 0 Å². The number of rotatable bonds is 41. The van der Waals surface area contributed by atoms with Crippen LogP contribution in [0.15, 0.2) is 72.8 Å². The molecule has 92 heavy (non-hydrogen) atoms. The van der Waals surface area contributed by atoms with Crippen LogP contribution in [-0.2, 0) is 76.8 Å². The van der Waals surface area contributed by atoms with E-state index in [0.717, 1.165) is 0 Å². The number of carboxylic acid groups (broad SMARTS) is 3. The number of phenols is 3. The van der Waals surface area contributed by atoms with Crippen molar-refractivity contribution in [1.29, 1.82) is 0 Å². The first kappa shape index (κ1) is 77.2. The Bertz CT molecular complexity index is 2980. The number of nitrogens with two attached hydrogens (primary N) is 2. The molecule has 29 nitrogen and oxygen atoms in total. The van der Waals surface area contributed by atoms with E-state index in [1.165, 1.54) is 79.3 Å². The van der Waals surface area contributed by atoms with Crippen molar-refractivity contribution in [3.63, 3.8) is 0 Å². The number of hydrogen-bond acceptors (Lipinski definition) is 18. The fourth-order valence-electron chi connectivity index (χ4n) is 9.23. The molecule has 0 unspecified atom stereocenters. The third kappa shape index (κ3) is 27.2. The second-order valence-corrected chi connectivity index (χ2v) is 23.7. The van der Waals surface area contributed by atoms with Gasteiger partial charge in [-0.3, -0.25) is 52.7 Å². The van der Waals surface area contributed by atoms with Gasteiger partial charge in [-0.15, -0.1) is 0 Å². The Morgan fingerprint density at radius 2 is 0.793 bits per heavy atom. The van der Waals surface area contributed by atoms with Crippen LogP contribution in [0.2, 0.25) is 0 Å². The molecule has 0 aliphatic rings. The van der Waals surface area contributed by atoms with Gasteiger partial charge in [-0.05, 0) is 135 Å². The molecule has 0 aliphatic carbocycles. The number of benzene rings is 3. The number of nitrogens with one attached hydrogen (secondary N) is 9. The zero-order valence-electron chi connectivity index (χ0n) is 52.4. The van der Waals surface area contributed by atoms with E-state index in [0.29, 0.717) is 29.5 Å². The average Bonchev–Trinajstić information content (AvgIpc) is 1.05. The summed E-state index contributed by atoms with van der Waals surface area (Å²) in [5.41, 5.74) is 13.5. The second kappa shape index (κ2) is 39.3. The molecule has 3 rings (SSSR count). The zero-order valence-corrected chi connectivity index (χ0v) is 53.2. The molecule has 30 heteroatoms. The Hall–Kier alpha value is -9.03. The number of hydrogen-bond donors (Lipinski definition) is 17. The number of carbonyl (C=O) groups is 12. The number of phenolic OH excluding ortho intramolecular Hbond substituents is 3. The molecule has 19 N–H and O–H groups in total. The summed E-state index contributed by atoms with van der Waals surface area (Å²) in [5.74, 6) is -13.6. The van der Waals surface area contributed by atoms with E-state index in [2.05, 4.69) is 47.9 Å². The lowest BCUT2D eigenvalue weighted by molar-refractivity contribution is -0.144. The quantitative estimate of drug-likeness (QED) is 0.0331. The Balaban J connectivity index is 1.94. The highest BCUT2D eigenvalue weighted by molar-refractivity contribution is 7.98. The molecule has 0 heterocycles. The lowest BCUT2D eigenvalue weighted by Gasteiger charge is -2.28. The summed E-state index contributed by atoms with van der Waals surface area (Å²) in [6, 6.07) is 2.63. The number of amides is 9. The van der Waals surface area contributed by atoms with E-state index in [1.807, 2.05) is 0 Å². The summed E-state index contributed by atoms with van der Waals surface area (Å²) in [6.07, 6.45) is -0.717. The van der Waals surface area contributed by atoms with Crippen LogP contribution in [0.5, 0.6) is 17.2 Å². The van der Waals surface area contributed by atoms with Gasteiger partial charge < -0.3 is 90.0 Å². The van der Waals surface area contributed by atoms with Gasteiger partial charge in [-0.2, -0.15) is 11.8 Å². The number of aromatic hydroxyl groups is 3. The first-order valence-corrected chi connectivity index (χ1v) is 31.5. The normalized spacial score (nSPS) is 14.7. The van der Waals surface area contributed by atoms with Gasteiger partial charge in [0, 0.05) is 25.7 Å². The Kier molecular flexibility index (Phi) is 33.0. The van der Waals surface area contributed by atoms with Crippen LogP contribution in [0, 0.1) is 11.8 Å². The predicted octanol–water partition coefficient (Wildman–Crippen LogP) is -0.0599. The molecule has 9 amide bonds. The minimum atomic E-state index is -1.79. The van der Waals surface area contributed by atoms with Crippen LogP contribution in [0.4, 0.5) is 0 Å². The summed E-state index contributed by atoms with van der Waals surface area (Å²) in [4.78, 5) is 163. The SMILES string of the molecule is CC[C@H](C)[C@H](NC(=O)[C@@H](NC(=O)[C@H](C)NC(=O)[C@H](Cc1ccc(O)cc1)NC(=O)[C@H](CCCCN)NC(=O)[C@H](CCC(=O)O)NC(=O)[C@H](CCC(=O)O)NC(=O)[C@H](CCSC)NC(=O)[C@H](Cc1ccc(O)cc1)NC(=O)[C@@H](N)Cc1ccc(O)cc1)C(C)C)C(=O)O. The van der Waals surface area contributed by atoms with Gasteiger partial charge in [0.1, 0.15) is 71.6 Å². The molecule has 0 radical (unpaired) electrons. The Morgan fingerprint density at radius 3 is 1.17 bits per heavy atom. The summed E-state index contributed by atoms with van der Waals surface area (Å²) in [7, 11) is 0. The molecule has 0 spiro atoms. The van der Waals surface area contributed by atoms with E-state index < -0.39 is 169 Å². The maximum absolute atomic E-state index is 14.5. The maximum atomic E-state index is 14.5. The average molecular weight is 1310 g/mol. The number of thioether (sulfide) groups is 1. The van der Waals surface area contributed by atoms with Crippen molar-refractivity contribution < 1.29 is 88.2 Å². The molecule has 0 saturated carbocycles. The molecular weight excluding hydrogens is 1220 g/mol. The summed E-state index contributed by atoms with van der Waals surface area (Å²) >= 11 is 1.28. The van der Waals surface area contributed by atoms with Crippen LogP contribution >= 0.6 is 11.8 Å². The third-order valence-electron chi connectivity index (χ3n) is 14.9. The van der Waals surface area contributed by atoms with Gasteiger partial charge in [0.05, 0.1) is 6.04 Å². The van der Waals surface area contributed by atoms with E-state index in [9.17, 15) is 88.2 Å². The molecule has 0 bridgehead atoms. The summed E-state index contributed by atoms with van der Waals surface area (Å²) in [5, 5.41) is 81.7. The van der Waals surface area contributed by atoms with Gasteiger partial charge in [-0.25, -0.2) is 4.79 Å². The largest absolute Gasteiger partial charge is 0.508 e. The molecule has 0 aromatic heterocycles. The van der Waals surface area contributed by atoms with Crippen molar-refractivity contribution in [2.24, 2.45) is 23.3 Å². The van der Waals surface area contributed by atoms with Gasteiger partial charge in [0.2, 0.25) is 53.2 Å². The van der Waals surface area contributed by atoms with Crippen molar-refractivity contribution in [3.8, 4) is 17.2 Å². The van der Waals surface area contributed by atoms with E-state index in [1.54, 1.807) is 46.1 Å². The monoisotopic (exact) mass is 1310 g/mol. The molecule has 0 saturated heterocycles. The topological polar surface area (TPSA) is 487 Å². The fourth-order valence-corrected chi connectivity index (χ4v) is 9.70. The molecule has 3 aromatic carbocycles. The van der Waals surface area contributed by atoms with Crippen molar-refractivity contribution in [2.45, 2.75) is 172 Å². The van der Waals surface area contributed by atoms with Gasteiger partial charge in [-0.1, -0.05) is 70.5 Å². The van der Waals surface area contributed by atoms with E-state index in [-0.39, 0.29) is 68.1 Å².